The van der Waals surface area contributed by atoms with Crippen LogP contribution in [0.3, 0.4) is 0 Å². The Bertz CT molecular complexity index is 470. The molecule has 0 radical (unpaired) electrons. The highest BCUT2D eigenvalue weighted by Gasteiger charge is 2.12. The standard InChI is InChI=1S/C13H22N4O2/c1-3-16(10-11(2)13(14)15-19)8-9-17-7-5-4-6-12(17)18/h4-7,11,19H,3,8-10H2,1-2H3,(H2,14,15). The summed E-state index contributed by atoms with van der Waals surface area (Å²) in [6.45, 7) is 6.90. The van der Waals surface area contributed by atoms with E-state index >= 15 is 0 Å². The summed E-state index contributed by atoms with van der Waals surface area (Å²) >= 11 is 0. The van der Waals surface area contributed by atoms with Gasteiger partial charge in [0.2, 0.25) is 0 Å². The van der Waals surface area contributed by atoms with Gasteiger partial charge in [0.05, 0.1) is 0 Å². The van der Waals surface area contributed by atoms with Gasteiger partial charge in [-0.25, -0.2) is 0 Å². The van der Waals surface area contributed by atoms with Crippen LogP contribution in [-0.2, 0) is 6.54 Å². The molecule has 6 nitrogen and oxygen atoms in total. The highest BCUT2D eigenvalue weighted by molar-refractivity contribution is 5.82. The molecule has 19 heavy (non-hydrogen) atoms. The topological polar surface area (TPSA) is 83.9 Å². The summed E-state index contributed by atoms with van der Waals surface area (Å²) in [4.78, 5) is 13.7. The zero-order chi connectivity index (χ0) is 14.3. The number of nitrogens with two attached hydrogens (primary N) is 1. The summed E-state index contributed by atoms with van der Waals surface area (Å²) in [7, 11) is 0. The van der Waals surface area contributed by atoms with Crippen LogP contribution in [0, 0.1) is 5.92 Å². The van der Waals surface area contributed by atoms with Crippen LogP contribution < -0.4 is 11.3 Å². The molecule has 3 N–H and O–H groups in total. The number of hydrogen-bond donors (Lipinski definition) is 2. The largest absolute Gasteiger partial charge is 0.409 e. The monoisotopic (exact) mass is 266 g/mol. The lowest BCUT2D eigenvalue weighted by atomic mass is 10.1. The van der Waals surface area contributed by atoms with Gasteiger partial charge in [-0.05, 0) is 12.6 Å². The molecule has 0 fully saturated rings. The highest BCUT2D eigenvalue weighted by Crippen LogP contribution is 2.00. The van der Waals surface area contributed by atoms with E-state index in [2.05, 4.69) is 10.1 Å². The van der Waals surface area contributed by atoms with Crippen LogP contribution >= 0.6 is 0 Å². The Morgan fingerprint density at radius 3 is 2.89 bits per heavy atom. The summed E-state index contributed by atoms with van der Waals surface area (Å²) in [6, 6.07) is 5.13. The van der Waals surface area contributed by atoms with Gasteiger partial charge >= 0.3 is 0 Å². The van der Waals surface area contributed by atoms with Gasteiger partial charge in [0.15, 0.2) is 0 Å². The van der Waals surface area contributed by atoms with Crippen LogP contribution in [0.2, 0.25) is 0 Å². The lowest BCUT2D eigenvalue weighted by Crippen LogP contribution is -2.37. The summed E-state index contributed by atoms with van der Waals surface area (Å²) in [5.74, 6) is 0.216. The third-order valence-corrected chi connectivity index (χ3v) is 3.16. The quantitative estimate of drug-likeness (QED) is 0.327. The highest BCUT2D eigenvalue weighted by atomic mass is 16.4. The summed E-state index contributed by atoms with van der Waals surface area (Å²) in [5, 5.41) is 11.7. The molecule has 1 atom stereocenters. The second kappa shape index (κ2) is 7.58. The van der Waals surface area contributed by atoms with E-state index < -0.39 is 0 Å². The molecule has 0 amide bonds. The Hall–Kier alpha value is -1.82. The van der Waals surface area contributed by atoms with E-state index in [1.54, 1.807) is 22.9 Å². The van der Waals surface area contributed by atoms with Crippen molar-refractivity contribution in [1.82, 2.24) is 9.47 Å². The molecule has 0 aliphatic rings. The van der Waals surface area contributed by atoms with Gasteiger partial charge in [-0.15, -0.1) is 0 Å². The van der Waals surface area contributed by atoms with Crippen LogP contribution in [0.5, 0.6) is 0 Å². The number of rotatable bonds is 7. The van der Waals surface area contributed by atoms with Crippen molar-refractivity contribution in [3.05, 3.63) is 34.7 Å². The summed E-state index contributed by atoms with van der Waals surface area (Å²) < 4.78 is 1.68. The first kappa shape index (κ1) is 15.2. The normalized spacial score (nSPS) is 13.7. The van der Waals surface area contributed by atoms with E-state index in [0.717, 1.165) is 13.1 Å². The number of nitrogens with zero attached hydrogens (tertiary/aromatic N) is 3. The number of hydrogen-bond acceptors (Lipinski definition) is 4. The van der Waals surface area contributed by atoms with Crippen molar-refractivity contribution >= 4 is 5.84 Å². The Morgan fingerprint density at radius 2 is 2.32 bits per heavy atom. The average Bonchev–Trinajstić information content (AvgIpc) is 2.43. The average molecular weight is 266 g/mol. The van der Waals surface area contributed by atoms with E-state index in [-0.39, 0.29) is 17.3 Å². The fourth-order valence-corrected chi connectivity index (χ4v) is 1.85. The first-order valence-corrected chi connectivity index (χ1v) is 6.43. The fourth-order valence-electron chi connectivity index (χ4n) is 1.85. The van der Waals surface area contributed by atoms with Crippen molar-refractivity contribution in [1.29, 1.82) is 0 Å². The van der Waals surface area contributed by atoms with Crippen molar-refractivity contribution in [3.8, 4) is 0 Å². The van der Waals surface area contributed by atoms with Crippen molar-refractivity contribution in [2.75, 3.05) is 19.6 Å². The van der Waals surface area contributed by atoms with E-state index in [1.807, 2.05) is 19.9 Å². The third kappa shape index (κ3) is 4.75. The molecule has 0 aliphatic heterocycles. The van der Waals surface area contributed by atoms with E-state index in [1.165, 1.54) is 0 Å². The number of pyridine rings is 1. The van der Waals surface area contributed by atoms with Gasteiger partial charge in [0, 0.05) is 37.8 Å². The van der Waals surface area contributed by atoms with Crippen LogP contribution in [-0.4, -0.2) is 40.1 Å². The minimum atomic E-state index is -0.0163. The molecule has 6 heteroatoms. The van der Waals surface area contributed by atoms with Crippen LogP contribution in [0.25, 0.3) is 0 Å². The minimum Gasteiger partial charge on any atom is -0.409 e. The second-order valence-corrected chi connectivity index (χ2v) is 4.55. The lowest BCUT2D eigenvalue weighted by molar-refractivity contribution is 0.254. The zero-order valence-corrected chi connectivity index (χ0v) is 11.5. The van der Waals surface area contributed by atoms with Gasteiger partial charge < -0.3 is 20.4 Å². The molecule has 1 rings (SSSR count). The number of aromatic nitrogens is 1. The lowest BCUT2D eigenvalue weighted by Gasteiger charge is -2.23. The van der Waals surface area contributed by atoms with E-state index in [9.17, 15) is 4.79 Å². The Kier molecular flexibility index (Phi) is 6.08. The molecule has 0 saturated heterocycles. The van der Waals surface area contributed by atoms with E-state index in [4.69, 9.17) is 10.9 Å². The molecule has 0 aromatic carbocycles. The molecule has 1 aromatic rings. The Labute approximate surface area is 113 Å². The van der Waals surface area contributed by atoms with Crippen molar-refractivity contribution in [3.63, 3.8) is 0 Å². The summed E-state index contributed by atoms with van der Waals surface area (Å²) in [5.41, 5.74) is 5.57. The zero-order valence-electron chi connectivity index (χ0n) is 11.5. The molecule has 1 unspecified atom stereocenters. The van der Waals surface area contributed by atoms with Crippen LogP contribution in [0.1, 0.15) is 13.8 Å². The second-order valence-electron chi connectivity index (χ2n) is 4.55. The van der Waals surface area contributed by atoms with Crippen LogP contribution in [0.15, 0.2) is 34.3 Å². The van der Waals surface area contributed by atoms with Gasteiger partial charge in [0.25, 0.3) is 5.56 Å². The molecule has 0 bridgehead atoms. The molecular formula is C13H22N4O2. The number of oxime groups is 1. The number of amidine groups is 1. The van der Waals surface area contributed by atoms with Crippen molar-refractivity contribution in [2.24, 2.45) is 16.8 Å². The van der Waals surface area contributed by atoms with Gasteiger partial charge in [-0.2, -0.15) is 0 Å². The fraction of sp³-hybridized carbons (Fsp3) is 0.538. The predicted octanol–water partition coefficient (Wildman–Crippen LogP) is 0.553. The third-order valence-electron chi connectivity index (χ3n) is 3.16. The molecule has 106 valence electrons. The molecule has 0 saturated carbocycles. The first-order chi connectivity index (χ1) is 9.08. The first-order valence-electron chi connectivity index (χ1n) is 6.43. The van der Waals surface area contributed by atoms with Gasteiger partial charge in [0.1, 0.15) is 5.84 Å². The van der Waals surface area contributed by atoms with Gasteiger partial charge in [-0.3, -0.25) is 4.79 Å². The maximum absolute atomic E-state index is 11.6. The van der Waals surface area contributed by atoms with Crippen LogP contribution in [0.4, 0.5) is 0 Å². The van der Waals surface area contributed by atoms with Crippen molar-refractivity contribution in [2.45, 2.75) is 20.4 Å². The summed E-state index contributed by atoms with van der Waals surface area (Å²) in [6.07, 6.45) is 1.78. The van der Waals surface area contributed by atoms with Gasteiger partial charge in [-0.1, -0.05) is 25.1 Å². The Morgan fingerprint density at radius 1 is 1.58 bits per heavy atom. The molecule has 1 heterocycles. The predicted molar refractivity (Wildman–Crippen MR) is 75.4 cm³/mol. The molecule has 1 aromatic heterocycles. The van der Waals surface area contributed by atoms with E-state index in [0.29, 0.717) is 13.1 Å². The molecule has 0 spiro atoms. The van der Waals surface area contributed by atoms with Crippen molar-refractivity contribution < 1.29 is 5.21 Å². The Balaban J connectivity index is 2.54. The smallest absolute Gasteiger partial charge is 0.250 e. The minimum absolute atomic E-state index is 0.00281. The maximum Gasteiger partial charge on any atom is 0.250 e. The number of likely N-dealkylation sites (N-methyl/N-ethyl adjacent to an activating group) is 1. The maximum atomic E-state index is 11.6. The SMILES string of the molecule is CCN(CCn1ccccc1=O)CC(C)/C(N)=N/O. The molecular weight excluding hydrogens is 244 g/mol. The molecule has 0 aliphatic carbocycles.